The number of nitrogens with zero attached hydrogens (tertiary/aromatic N) is 3. The van der Waals surface area contributed by atoms with Gasteiger partial charge in [0.25, 0.3) is 0 Å². The number of nitriles is 2. The number of thiophene rings is 1. The highest BCUT2D eigenvalue weighted by atomic mass is 32.1. The molecule has 2 aromatic rings. The summed E-state index contributed by atoms with van der Waals surface area (Å²) in [6, 6.07) is 5.45. The topological polar surface area (TPSA) is 113 Å². The van der Waals surface area contributed by atoms with E-state index in [0.29, 0.717) is 20.8 Å². The van der Waals surface area contributed by atoms with Crippen molar-refractivity contribution in [1.82, 2.24) is 4.98 Å². The van der Waals surface area contributed by atoms with Gasteiger partial charge in [0.05, 0.1) is 11.3 Å². The molecule has 6 heteroatoms. The van der Waals surface area contributed by atoms with Crippen LogP contribution in [-0.4, -0.2) is 4.98 Å². The summed E-state index contributed by atoms with van der Waals surface area (Å²) in [5.41, 5.74) is 11.9. The molecule has 2 heterocycles. The van der Waals surface area contributed by atoms with E-state index >= 15 is 0 Å². The Balaban J connectivity index is 2.88. The summed E-state index contributed by atoms with van der Waals surface area (Å²) in [5.74, 6) is 0.163. The molecule has 2 rings (SSSR count). The fraction of sp³-hybridized carbons (Fsp3) is 0. The third-order valence-electron chi connectivity index (χ3n) is 1.97. The fourth-order valence-electron chi connectivity index (χ4n) is 1.23. The van der Waals surface area contributed by atoms with E-state index < -0.39 is 0 Å². The average Bonchev–Trinajstić information content (AvgIpc) is 2.54. The monoisotopic (exact) mass is 215 g/mol. The molecule has 4 N–H and O–H groups in total. The van der Waals surface area contributed by atoms with Crippen molar-refractivity contribution in [2.45, 2.75) is 0 Å². The fourth-order valence-corrected chi connectivity index (χ4v) is 2.11. The summed E-state index contributed by atoms with van der Waals surface area (Å²) in [4.78, 5) is 5.00. The molecule has 0 saturated carbocycles. The minimum atomic E-state index is 0.163. The number of hydrogen-bond donors (Lipinski definition) is 2. The first-order chi connectivity index (χ1) is 7.17. The van der Waals surface area contributed by atoms with Crippen molar-refractivity contribution < 1.29 is 0 Å². The first-order valence-electron chi connectivity index (χ1n) is 3.96. The smallest absolute Gasteiger partial charge is 0.143 e. The molecule has 5 nitrogen and oxygen atoms in total. The maximum absolute atomic E-state index is 8.77. The molecule has 2 aromatic heterocycles. The van der Waals surface area contributed by atoms with Crippen LogP contribution in [0, 0.1) is 22.7 Å². The van der Waals surface area contributed by atoms with Crippen LogP contribution < -0.4 is 11.5 Å². The van der Waals surface area contributed by atoms with E-state index in [-0.39, 0.29) is 11.4 Å². The molecule has 0 amide bonds. The van der Waals surface area contributed by atoms with Gasteiger partial charge in [0.15, 0.2) is 0 Å². The van der Waals surface area contributed by atoms with Crippen LogP contribution in [0.4, 0.5) is 11.5 Å². The second-order valence-corrected chi connectivity index (χ2v) is 3.84. The van der Waals surface area contributed by atoms with Gasteiger partial charge in [-0.2, -0.15) is 10.5 Å². The number of nitrogen functional groups attached to an aromatic ring is 2. The van der Waals surface area contributed by atoms with E-state index in [0.717, 1.165) is 0 Å². The van der Waals surface area contributed by atoms with E-state index in [1.807, 2.05) is 12.1 Å². The van der Waals surface area contributed by atoms with Gasteiger partial charge >= 0.3 is 0 Å². The Hall–Kier alpha value is -2.31. The predicted molar refractivity (Wildman–Crippen MR) is 57.9 cm³/mol. The zero-order valence-corrected chi connectivity index (χ0v) is 8.30. The first-order valence-corrected chi connectivity index (χ1v) is 4.77. The second-order valence-electron chi connectivity index (χ2n) is 2.84. The van der Waals surface area contributed by atoms with E-state index in [1.54, 1.807) is 6.07 Å². The number of aromatic nitrogens is 1. The summed E-state index contributed by atoms with van der Waals surface area (Å²) in [7, 11) is 0. The SMILES string of the molecule is N#Cc1cc2c(N)c(C#N)sc2nc1N. The molecule has 0 aliphatic carbocycles. The summed E-state index contributed by atoms with van der Waals surface area (Å²) in [6.07, 6.45) is 0. The highest BCUT2D eigenvalue weighted by molar-refractivity contribution is 7.19. The van der Waals surface area contributed by atoms with Crippen molar-refractivity contribution in [2.75, 3.05) is 11.5 Å². The van der Waals surface area contributed by atoms with Crippen molar-refractivity contribution >= 4 is 33.1 Å². The Morgan fingerprint density at radius 2 is 2.00 bits per heavy atom. The zero-order valence-electron chi connectivity index (χ0n) is 7.48. The Labute approximate surface area is 89.2 Å². The second kappa shape index (κ2) is 3.12. The van der Waals surface area contributed by atoms with Gasteiger partial charge in [0.1, 0.15) is 27.7 Å². The van der Waals surface area contributed by atoms with Gasteiger partial charge in [0, 0.05) is 5.39 Å². The highest BCUT2D eigenvalue weighted by Crippen LogP contribution is 2.33. The third kappa shape index (κ3) is 1.25. The number of rotatable bonds is 0. The van der Waals surface area contributed by atoms with Gasteiger partial charge in [0.2, 0.25) is 0 Å². The largest absolute Gasteiger partial charge is 0.396 e. The van der Waals surface area contributed by atoms with Crippen molar-refractivity contribution in [2.24, 2.45) is 0 Å². The molecule has 0 unspecified atom stereocenters. The minimum Gasteiger partial charge on any atom is -0.396 e. The maximum Gasteiger partial charge on any atom is 0.143 e. The van der Waals surface area contributed by atoms with Gasteiger partial charge in [-0.3, -0.25) is 0 Å². The van der Waals surface area contributed by atoms with Gasteiger partial charge in [-0.1, -0.05) is 0 Å². The van der Waals surface area contributed by atoms with Crippen LogP contribution in [0.2, 0.25) is 0 Å². The lowest BCUT2D eigenvalue weighted by Gasteiger charge is -1.96. The van der Waals surface area contributed by atoms with Gasteiger partial charge in [-0.15, -0.1) is 11.3 Å². The van der Waals surface area contributed by atoms with Gasteiger partial charge < -0.3 is 11.5 Å². The van der Waals surface area contributed by atoms with Crippen molar-refractivity contribution in [3.8, 4) is 12.1 Å². The van der Waals surface area contributed by atoms with Crippen LogP contribution >= 0.6 is 11.3 Å². The highest BCUT2D eigenvalue weighted by Gasteiger charge is 2.12. The molecular weight excluding hydrogens is 210 g/mol. The van der Waals surface area contributed by atoms with Crippen molar-refractivity contribution in [3.63, 3.8) is 0 Å². The number of anilines is 2. The Morgan fingerprint density at radius 1 is 1.27 bits per heavy atom. The molecule has 0 fully saturated rings. The van der Waals surface area contributed by atoms with Gasteiger partial charge in [-0.25, -0.2) is 4.98 Å². The standard InChI is InChI=1S/C9H5N5S/c10-2-4-1-5-7(12)6(3-11)15-9(5)14-8(4)13/h1H,12H2,(H2,13,14). The maximum atomic E-state index is 8.77. The Kier molecular flexibility index (Phi) is 1.93. The van der Waals surface area contributed by atoms with Crippen LogP contribution in [0.15, 0.2) is 6.07 Å². The molecule has 72 valence electrons. The lowest BCUT2D eigenvalue weighted by molar-refractivity contribution is 1.40. The van der Waals surface area contributed by atoms with E-state index in [1.165, 1.54) is 11.3 Å². The number of hydrogen-bond acceptors (Lipinski definition) is 6. The number of nitrogens with two attached hydrogens (primary N) is 2. The molecule has 0 saturated heterocycles. The Bertz CT molecular complexity index is 628. The van der Waals surface area contributed by atoms with Crippen LogP contribution in [0.25, 0.3) is 10.2 Å². The Morgan fingerprint density at radius 3 is 2.60 bits per heavy atom. The van der Waals surface area contributed by atoms with Crippen LogP contribution in [0.1, 0.15) is 10.4 Å². The van der Waals surface area contributed by atoms with Gasteiger partial charge in [-0.05, 0) is 6.07 Å². The van der Waals surface area contributed by atoms with Crippen LogP contribution in [-0.2, 0) is 0 Å². The minimum absolute atomic E-state index is 0.163. The average molecular weight is 215 g/mol. The number of pyridine rings is 1. The molecule has 0 spiro atoms. The normalized spacial score (nSPS) is 9.73. The summed E-state index contributed by atoms with van der Waals surface area (Å²) < 4.78 is 0. The van der Waals surface area contributed by atoms with E-state index in [2.05, 4.69) is 4.98 Å². The molecule has 0 atom stereocenters. The summed E-state index contributed by atoms with van der Waals surface area (Å²) in [6.45, 7) is 0. The first kappa shape index (κ1) is 9.25. The summed E-state index contributed by atoms with van der Waals surface area (Å²) >= 11 is 1.17. The van der Waals surface area contributed by atoms with Crippen LogP contribution in [0.3, 0.4) is 0 Å². The molecule has 15 heavy (non-hydrogen) atoms. The molecule has 0 aromatic carbocycles. The zero-order chi connectivity index (χ0) is 11.0. The van der Waals surface area contributed by atoms with Crippen molar-refractivity contribution in [1.29, 1.82) is 10.5 Å². The third-order valence-corrected chi connectivity index (χ3v) is 2.99. The summed E-state index contributed by atoms with van der Waals surface area (Å²) in [5, 5.41) is 18.1. The van der Waals surface area contributed by atoms with Crippen molar-refractivity contribution in [3.05, 3.63) is 16.5 Å². The van der Waals surface area contributed by atoms with Crippen LogP contribution in [0.5, 0.6) is 0 Å². The molecule has 0 radical (unpaired) electrons. The lowest BCUT2D eigenvalue weighted by atomic mass is 10.2. The molecule has 0 aliphatic heterocycles. The number of fused-ring (bicyclic) bond motifs is 1. The lowest BCUT2D eigenvalue weighted by Crippen LogP contribution is -1.94. The quantitative estimate of drug-likeness (QED) is 0.685. The molecule has 0 bridgehead atoms. The molecule has 0 aliphatic rings. The van der Waals surface area contributed by atoms with E-state index in [9.17, 15) is 0 Å². The predicted octanol–water partition coefficient (Wildman–Crippen LogP) is 1.20. The molecular formula is C9H5N5S. The van der Waals surface area contributed by atoms with E-state index in [4.69, 9.17) is 22.0 Å².